The van der Waals surface area contributed by atoms with Gasteiger partial charge in [0.15, 0.2) is 5.60 Å². The molecule has 3 nitrogen and oxygen atoms in total. The molecule has 0 amide bonds. The normalized spacial score (nSPS) is 34.5. The van der Waals surface area contributed by atoms with Crippen molar-refractivity contribution in [3.63, 3.8) is 0 Å². The van der Waals surface area contributed by atoms with Crippen LogP contribution >= 0.6 is 0 Å². The van der Waals surface area contributed by atoms with Crippen molar-refractivity contribution in [3.05, 3.63) is 0 Å². The average molecular weight is 183 g/mol. The maximum Gasteiger partial charge on any atom is 0.158 e. The van der Waals surface area contributed by atoms with E-state index in [1.807, 2.05) is 0 Å². The second kappa shape index (κ2) is 4.08. The van der Waals surface area contributed by atoms with Gasteiger partial charge in [-0.05, 0) is 5.92 Å². The molecule has 1 rings (SSSR count). The third-order valence-corrected chi connectivity index (χ3v) is 2.71. The van der Waals surface area contributed by atoms with Gasteiger partial charge in [0.2, 0.25) is 0 Å². The standard InChI is InChI=1S/C10H17NO2/c1-8(2)9-6-10(7-11,12-3)4-5-13-9/h8-9H,4-6H2,1-3H3. The molecule has 1 aliphatic rings. The van der Waals surface area contributed by atoms with E-state index < -0.39 is 5.60 Å². The van der Waals surface area contributed by atoms with Crippen LogP contribution in [0.3, 0.4) is 0 Å². The molecule has 0 saturated carbocycles. The number of methoxy groups -OCH3 is 1. The van der Waals surface area contributed by atoms with Gasteiger partial charge < -0.3 is 9.47 Å². The first kappa shape index (κ1) is 10.5. The molecule has 0 radical (unpaired) electrons. The number of nitriles is 1. The van der Waals surface area contributed by atoms with Gasteiger partial charge in [0.05, 0.1) is 18.8 Å². The summed E-state index contributed by atoms with van der Waals surface area (Å²) >= 11 is 0. The molecule has 13 heavy (non-hydrogen) atoms. The predicted molar refractivity (Wildman–Crippen MR) is 49.2 cm³/mol. The highest BCUT2D eigenvalue weighted by Gasteiger charge is 2.38. The summed E-state index contributed by atoms with van der Waals surface area (Å²) in [5, 5.41) is 9.01. The smallest absolute Gasteiger partial charge is 0.158 e. The second-order valence-corrected chi connectivity index (χ2v) is 3.92. The highest BCUT2D eigenvalue weighted by molar-refractivity contribution is 5.05. The topological polar surface area (TPSA) is 42.2 Å². The third-order valence-electron chi connectivity index (χ3n) is 2.71. The summed E-state index contributed by atoms with van der Waals surface area (Å²) in [4.78, 5) is 0. The van der Waals surface area contributed by atoms with E-state index in [0.717, 1.165) is 0 Å². The Bertz CT molecular complexity index is 209. The van der Waals surface area contributed by atoms with E-state index in [1.165, 1.54) is 0 Å². The second-order valence-electron chi connectivity index (χ2n) is 3.92. The first-order valence-corrected chi connectivity index (χ1v) is 4.71. The number of ether oxygens (including phenoxy) is 2. The van der Waals surface area contributed by atoms with Gasteiger partial charge in [-0.25, -0.2) is 0 Å². The summed E-state index contributed by atoms with van der Waals surface area (Å²) in [6, 6.07) is 2.25. The molecule has 3 heteroatoms. The first-order chi connectivity index (χ1) is 6.13. The van der Waals surface area contributed by atoms with Crippen molar-refractivity contribution in [2.45, 2.75) is 38.4 Å². The van der Waals surface area contributed by atoms with Crippen molar-refractivity contribution in [1.82, 2.24) is 0 Å². The molecule has 1 fully saturated rings. The summed E-state index contributed by atoms with van der Waals surface area (Å²) in [5.41, 5.74) is -0.604. The number of rotatable bonds is 2. The van der Waals surface area contributed by atoms with Crippen LogP contribution in [-0.2, 0) is 9.47 Å². The van der Waals surface area contributed by atoms with E-state index in [-0.39, 0.29) is 6.10 Å². The van der Waals surface area contributed by atoms with Crippen LogP contribution < -0.4 is 0 Å². The summed E-state index contributed by atoms with van der Waals surface area (Å²) in [6.45, 7) is 4.84. The zero-order valence-corrected chi connectivity index (χ0v) is 8.54. The number of hydrogen-bond acceptors (Lipinski definition) is 3. The van der Waals surface area contributed by atoms with Crippen molar-refractivity contribution in [2.24, 2.45) is 5.92 Å². The average Bonchev–Trinajstić information content (AvgIpc) is 2.18. The van der Waals surface area contributed by atoms with Crippen molar-refractivity contribution in [1.29, 1.82) is 5.26 Å². The molecule has 1 heterocycles. The minimum Gasteiger partial charge on any atom is -0.378 e. The lowest BCUT2D eigenvalue weighted by Crippen LogP contribution is -2.43. The fourth-order valence-corrected chi connectivity index (χ4v) is 1.62. The monoisotopic (exact) mass is 183 g/mol. The van der Waals surface area contributed by atoms with Crippen molar-refractivity contribution >= 4 is 0 Å². The highest BCUT2D eigenvalue weighted by atomic mass is 16.5. The predicted octanol–water partition coefficient (Wildman–Crippen LogP) is 1.73. The van der Waals surface area contributed by atoms with Gasteiger partial charge >= 0.3 is 0 Å². The molecule has 1 aliphatic heterocycles. The molecule has 0 aliphatic carbocycles. The molecule has 0 spiro atoms. The van der Waals surface area contributed by atoms with Gasteiger partial charge in [-0.15, -0.1) is 0 Å². The Hall–Kier alpha value is -0.590. The fraction of sp³-hybridized carbons (Fsp3) is 0.900. The number of hydrogen-bond donors (Lipinski definition) is 0. The summed E-state index contributed by atoms with van der Waals surface area (Å²) in [6.07, 6.45) is 1.54. The molecular formula is C10H17NO2. The van der Waals surface area contributed by atoms with Gasteiger partial charge in [-0.3, -0.25) is 0 Å². The maximum absolute atomic E-state index is 9.01. The third kappa shape index (κ3) is 2.20. The van der Waals surface area contributed by atoms with Crippen LogP contribution in [0.2, 0.25) is 0 Å². The Balaban J connectivity index is 2.65. The minimum absolute atomic E-state index is 0.161. The van der Waals surface area contributed by atoms with Gasteiger partial charge in [-0.2, -0.15) is 5.26 Å². The van der Waals surface area contributed by atoms with E-state index in [0.29, 0.717) is 25.4 Å². The van der Waals surface area contributed by atoms with E-state index in [4.69, 9.17) is 14.7 Å². The van der Waals surface area contributed by atoms with Crippen molar-refractivity contribution in [3.8, 4) is 6.07 Å². The molecule has 0 N–H and O–H groups in total. The van der Waals surface area contributed by atoms with Crippen LogP contribution in [0.4, 0.5) is 0 Å². The van der Waals surface area contributed by atoms with Gasteiger partial charge in [0.25, 0.3) is 0 Å². The molecule has 74 valence electrons. The molecular weight excluding hydrogens is 166 g/mol. The Labute approximate surface area is 79.6 Å². The van der Waals surface area contributed by atoms with Crippen LogP contribution in [0.15, 0.2) is 0 Å². The fourth-order valence-electron chi connectivity index (χ4n) is 1.62. The lowest BCUT2D eigenvalue weighted by molar-refractivity contribution is -0.107. The van der Waals surface area contributed by atoms with Gasteiger partial charge in [0, 0.05) is 20.0 Å². The van der Waals surface area contributed by atoms with Crippen molar-refractivity contribution < 1.29 is 9.47 Å². The Kier molecular flexibility index (Phi) is 3.29. The summed E-state index contributed by atoms with van der Waals surface area (Å²) < 4.78 is 10.8. The summed E-state index contributed by atoms with van der Waals surface area (Å²) in [7, 11) is 1.60. The van der Waals surface area contributed by atoms with Crippen molar-refractivity contribution in [2.75, 3.05) is 13.7 Å². The van der Waals surface area contributed by atoms with Crippen LogP contribution in [0.5, 0.6) is 0 Å². The maximum atomic E-state index is 9.01. The molecule has 2 atom stereocenters. The molecule has 2 unspecified atom stereocenters. The Morgan fingerprint density at radius 2 is 2.31 bits per heavy atom. The lowest BCUT2D eigenvalue weighted by Gasteiger charge is -2.36. The molecule has 0 aromatic rings. The quantitative estimate of drug-likeness (QED) is 0.654. The molecule has 0 aromatic carbocycles. The van der Waals surface area contributed by atoms with Gasteiger partial charge in [-0.1, -0.05) is 13.8 Å². The van der Waals surface area contributed by atoms with Crippen LogP contribution in [0, 0.1) is 17.2 Å². The zero-order valence-electron chi connectivity index (χ0n) is 8.54. The Morgan fingerprint density at radius 3 is 2.77 bits per heavy atom. The molecule has 1 saturated heterocycles. The van der Waals surface area contributed by atoms with E-state index in [2.05, 4.69) is 19.9 Å². The van der Waals surface area contributed by atoms with Crippen LogP contribution in [-0.4, -0.2) is 25.4 Å². The zero-order chi connectivity index (χ0) is 9.90. The first-order valence-electron chi connectivity index (χ1n) is 4.71. The summed E-state index contributed by atoms with van der Waals surface area (Å²) in [5.74, 6) is 0.447. The highest BCUT2D eigenvalue weighted by Crippen LogP contribution is 2.30. The molecule has 0 aromatic heterocycles. The lowest BCUT2D eigenvalue weighted by atomic mass is 9.87. The number of nitrogens with zero attached hydrogens (tertiary/aromatic N) is 1. The molecule has 0 bridgehead atoms. The van der Waals surface area contributed by atoms with E-state index in [1.54, 1.807) is 7.11 Å². The SMILES string of the molecule is COC1(C#N)CCOC(C(C)C)C1. The Morgan fingerprint density at radius 1 is 1.62 bits per heavy atom. The van der Waals surface area contributed by atoms with Crippen LogP contribution in [0.1, 0.15) is 26.7 Å². The van der Waals surface area contributed by atoms with Gasteiger partial charge in [0.1, 0.15) is 0 Å². The van der Waals surface area contributed by atoms with E-state index >= 15 is 0 Å². The largest absolute Gasteiger partial charge is 0.378 e. The van der Waals surface area contributed by atoms with Crippen LogP contribution in [0.25, 0.3) is 0 Å². The van der Waals surface area contributed by atoms with E-state index in [9.17, 15) is 0 Å². The minimum atomic E-state index is -0.604.